The van der Waals surface area contributed by atoms with Crippen LogP contribution in [-0.2, 0) is 0 Å². The summed E-state index contributed by atoms with van der Waals surface area (Å²) >= 11 is 5.16. The van der Waals surface area contributed by atoms with Crippen LogP contribution in [0.3, 0.4) is 0 Å². The zero-order valence-electron chi connectivity index (χ0n) is 6.24. The minimum atomic E-state index is -0.407. The lowest BCUT2D eigenvalue weighted by atomic mass is 10.2. The topological polar surface area (TPSA) is 69.1 Å². The van der Waals surface area contributed by atoms with E-state index in [1.807, 2.05) is 6.07 Å². The first-order valence-electron chi connectivity index (χ1n) is 2.89. The Morgan fingerprint density at radius 1 is 1.17 bits per heavy atom. The van der Waals surface area contributed by atoms with Crippen LogP contribution in [0.4, 0.5) is 0 Å². The second kappa shape index (κ2) is 8.49. The summed E-state index contributed by atoms with van der Waals surface area (Å²) in [5, 5.41) is -0.407. The Labute approximate surface area is 82.1 Å². The van der Waals surface area contributed by atoms with Crippen LogP contribution in [-0.4, -0.2) is 5.24 Å². The summed E-state index contributed by atoms with van der Waals surface area (Å²) in [6.45, 7) is 0. The molecular weight excluding hydrogens is 199 g/mol. The van der Waals surface area contributed by atoms with Gasteiger partial charge in [0, 0.05) is 5.56 Å². The minimum Gasteiger partial charge on any atom is -0.276 e. The third-order valence-corrected chi connectivity index (χ3v) is 1.22. The maximum atomic E-state index is 10.4. The average Bonchev–Trinajstić information content (AvgIpc) is 2.10. The van der Waals surface area contributed by atoms with Crippen molar-refractivity contribution in [3.05, 3.63) is 35.9 Å². The second-order valence-corrected chi connectivity index (χ2v) is 1.98. The molecule has 0 aliphatic heterocycles. The summed E-state index contributed by atoms with van der Waals surface area (Å²) in [6.07, 6.45) is 0. The van der Waals surface area contributed by atoms with Crippen molar-refractivity contribution < 1.29 is 4.79 Å². The van der Waals surface area contributed by atoms with Crippen LogP contribution in [0.5, 0.6) is 0 Å². The summed E-state index contributed by atoms with van der Waals surface area (Å²) in [5.74, 6) is 8.00. The lowest BCUT2D eigenvalue weighted by Gasteiger charge is -1.87. The van der Waals surface area contributed by atoms with Gasteiger partial charge < -0.3 is 0 Å². The van der Waals surface area contributed by atoms with Crippen molar-refractivity contribution in [1.82, 2.24) is 0 Å². The van der Waals surface area contributed by atoms with Crippen molar-refractivity contribution in [1.29, 1.82) is 0 Å². The van der Waals surface area contributed by atoms with E-state index >= 15 is 0 Å². The average molecular weight is 209 g/mol. The fraction of sp³-hybridized carbons (Fsp3) is 0. The highest BCUT2D eigenvalue weighted by molar-refractivity contribution is 6.67. The minimum absolute atomic E-state index is 0. The van der Waals surface area contributed by atoms with Gasteiger partial charge in [-0.05, 0) is 11.6 Å². The number of nitrogens with two attached hydrogens (primary N) is 2. The van der Waals surface area contributed by atoms with Gasteiger partial charge in [-0.3, -0.25) is 16.5 Å². The number of carbonyl (C=O) groups excluding carboxylic acids is 1. The van der Waals surface area contributed by atoms with E-state index in [4.69, 9.17) is 11.6 Å². The van der Waals surface area contributed by atoms with Crippen LogP contribution in [0.15, 0.2) is 30.3 Å². The molecule has 0 spiro atoms. The van der Waals surface area contributed by atoms with Crippen LogP contribution >= 0.6 is 24.0 Å². The van der Waals surface area contributed by atoms with Gasteiger partial charge in [-0.2, -0.15) is 0 Å². The Morgan fingerprint density at radius 3 is 1.83 bits per heavy atom. The van der Waals surface area contributed by atoms with Crippen LogP contribution in [0, 0.1) is 0 Å². The lowest BCUT2D eigenvalue weighted by Crippen LogP contribution is -2.02. The zero-order valence-corrected chi connectivity index (χ0v) is 7.81. The highest BCUT2D eigenvalue weighted by atomic mass is 35.5. The summed E-state index contributed by atoms with van der Waals surface area (Å²) < 4.78 is 0. The maximum absolute atomic E-state index is 10.4. The monoisotopic (exact) mass is 208 g/mol. The molecule has 0 saturated carbocycles. The third kappa shape index (κ3) is 5.09. The van der Waals surface area contributed by atoms with Crippen molar-refractivity contribution in [2.24, 2.45) is 11.7 Å². The molecule has 0 saturated heterocycles. The Balaban J connectivity index is 0. The van der Waals surface area contributed by atoms with Crippen molar-refractivity contribution >= 4 is 29.3 Å². The molecule has 0 aromatic heterocycles. The Kier molecular flexibility index (Phi) is 9.86. The molecule has 3 nitrogen and oxygen atoms in total. The van der Waals surface area contributed by atoms with E-state index in [0.717, 1.165) is 0 Å². The molecule has 0 aliphatic carbocycles. The predicted molar refractivity (Wildman–Crippen MR) is 52.2 cm³/mol. The normalized spacial score (nSPS) is 7.25. The van der Waals surface area contributed by atoms with Gasteiger partial charge in [0.2, 0.25) is 0 Å². The summed E-state index contributed by atoms with van der Waals surface area (Å²) in [5.41, 5.74) is 0.541. The lowest BCUT2D eigenvalue weighted by molar-refractivity contribution is 0.108. The van der Waals surface area contributed by atoms with Gasteiger partial charge in [-0.1, -0.05) is 30.3 Å². The molecule has 1 rings (SSSR count). The molecule has 68 valence electrons. The standard InChI is InChI=1S/C7H5ClO.ClH.H4N2/c8-7(9)6-4-2-1-3-5-6;;1-2/h1-5H;1H;1-2H2. The van der Waals surface area contributed by atoms with Gasteiger partial charge in [0.05, 0.1) is 0 Å². The first-order valence-corrected chi connectivity index (χ1v) is 3.27. The Bertz CT molecular complexity index is 216. The molecule has 0 unspecified atom stereocenters. The second-order valence-electron chi connectivity index (χ2n) is 1.64. The van der Waals surface area contributed by atoms with E-state index < -0.39 is 5.24 Å². The van der Waals surface area contributed by atoms with Crippen LogP contribution in [0.25, 0.3) is 0 Å². The number of halogens is 2. The number of carbonyl (C=O) groups is 1. The molecule has 0 atom stereocenters. The van der Waals surface area contributed by atoms with E-state index in [-0.39, 0.29) is 12.4 Å². The highest BCUT2D eigenvalue weighted by Gasteiger charge is 1.95. The highest BCUT2D eigenvalue weighted by Crippen LogP contribution is 2.01. The summed E-state index contributed by atoms with van der Waals surface area (Å²) in [6, 6.07) is 8.74. The molecule has 5 heteroatoms. The Morgan fingerprint density at radius 2 is 1.58 bits per heavy atom. The largest absolute Gasteiger partial charge is 0.276 e. The zero-order chi connectivity index (χ0) is 8.69. The summed E-state index contributed by atoms with van der Waals surface area (Å²) in [7, 11) is 0. The first-order chi connectivity index (χ1) is 5.30. The smallest absolute Gasteiger partial charge is 0.252 e. The quantitative estimate of drug-likeness (QED) is 0.416. The molecule has 1 aromatic carbocycles. The third-order valence-electron chi connectivity index (χ3n) is 1.00. The van der Waals surface area contributed by atoms with Crippen molar-refractivity contribution in [2.75, 3.05) is 0 Å². The Hall–Kier alpha value is -0.610. The molecule has 4 N–H and O–H groups in total. The SMILES string of the molecule is Cl.NN.O=C(Cl)c1ccccc1. The van der Waals surface area contributed by atoms with Crippen molar-refractivity contribution in [2.45, 2.75) is 0 Å². The van der Waals surface area contributed by atoms with Gasteiger partial charge >= 0.3 is 0 Å². The molecule has 12 heavy (non-hydrogen) atoms. The molecule has 0 aliphatic rings. The number of hydrazine groups is 1. The molecule has 1 aromatic rings. The van der Waals surface area contributed by atoms with Gasteiger partial charge in [-0.25, -0.2) is 0 Å². The van der Waals surface area contributed by atoms with E-state index in [0.29, 0.717) is 5.56 Å². The van der Waals surface area contributed by atoms with E-state index in [2.05, 4.69) is 11.7 Å². The van der Waals surface area contributed by atoms with Crippen molar-refractivity contribution in [3.8, 4) is 0 Å². The molecular formula is C7H10Cl2N2O. The molecule has 0 fully saturated rings. The molecule has 0 heterocycles. The number of rotatable bonds is 1. The van der Waals surface area contributed by atoms with Gasteiger partial charge in [-0.15, -0.1) is 12.4 Å². The van der Waals surface area contributed by atoms with Crippen LogP contribution in [0.2, 0.25) is 0 Å². The molecule has 0 bridgehead atoms. The van der Waals surface area contributed by atoms with Gasteiger partial charge in [0.25, 0.3) is 5.24 Å². The fourth-order valence-electron chi connectivity index (χ4n) is 0.569. The number of hydrogen-bond donors (Lipinski definition) is 2. The van der Waals surface area contributed by atoms with Gasteiger partial charge in [0.1, 0.15) is 0 Å². The summed E-state index contributed by atoms with van der Waals surface area (Å²) in [4.78, 5) is 10.4. The van der Waals surface area contributed by atoms with E-state index in [9.17, 15) is 4.79 Å². The van der Waals surface area contributed by atoms with Crippen molar-refractivity contribution in [3.63, 3.8) is 0 Å². The predicted octanol–water partition coefficient (Wildman–Crippen LogP) is 1.31. The van der Waals surface area contributed by atoms with Crippen LogP contribution < -0.4 is 11.7 Å². The first kappa shape index (κ1) is 13.9. The van der Waals surface area contributed by atoms with E-state index in [1.165, 1.54) is 0 Å². The van der Waals surface area contributed by atoms with E-state index in [1.54, 1.807) is 24.3 Å². The number of hydrogen-bond acceptors (Lipinski definition) is 3. The number of benzene rings is 1. The molecule has 0 amide bonds. The maximum Gasteiger partial charge on any atom is 0.252 e. The fourth-order valence-corrected chi connectivity index (χ4v) is 0.695. The molecule has 0 radical (unpaired) electrons. The van der Waals surface area contributed by atoms with Gasteiger partial charge in [0.15, 0.2) is 0 Å². The van der Waals surface area contributed by atoms with Crippen LogP contribution in [0.1, 0.15) is 10.4 Å².